The molecule has 2 aromatic heterocycles. The van der Waals surface area contributed by atoms with Crippen LogP contribution in [0.3, 0.4) is 0 Å². The van der Waals surface area contributed by atoms with E-state index in [0.717, 1.165) is 21.7 Å². The third-order valence-electron chi connectivity index (χ3n) is 3.02. The first kappa shape index (κ1) is 14.0. The van der Waals surface area contributed by atoms with E-state index in [1.54, 1.807) is 29.5 Å². The van der Waals surface area contributed by atoms with Gasteiger partial charge in [0, 0.05) is 15.2 Å². The summed E-state index contributed by atoms with van der Waals surface area (Å²) in [6.07, 6.45) is 2.49. The number of hydrogen-bond acceptors (Lipinski definition) is 5. The fourth-order valence-electron chi connectivity index (χ4n) is 1.98. The Hall–Kier alpha value is -1.92. The molecule has 0 radical (unpaired) electrons. The SMILES string of the molecule is CCc1cc2c(Sc3ccccc3C(=O)O)ncnc2s1. The zero-order chi connectivity index (χ0) is 14.8. The number of fused-ring (bicyclic) bond motifs is 1. The van der Waals surface area contributed by atoms with Crippen LogP contribution in [-0.4, -0.2) is 21.0 Å². The molecular formula is C15H12N2O2S2. The number of carboxylic acids is 1. The highest BCUT2D eigenvalue weighted by Gasteiger charge is 2.14. The first-order chi connectivity index (χ1) is 10.2. The first-order valence-corrected chi connectivity index (χ1v) is 8.06. The predicted octanol–water partition coefficient (Wildman–Crippen LogP) is 4.10. The van der Waals surface area contributed by atoms with Crippen molar-refractivity contribution >= 4 is 39.3 Å². The fourth-order valence-corrected chi connectivity index (χ4v) is 3.96. The summed E-state index contributed by atoms with van der Waals surface area (Å²) in [4.78, 5) is 22.8. The molecule has 0 saturated heterocycles. The highest BCUT2D eigenvalue weighted by molar-refractivity contribution is 7.99. The van der Waals surface area contributed by atoms with Crippen molar-refractivity contribution in [3.05, 3.63) is 47.1 Å². The van der Waals surface area contributed by atoms with E-state index in [1.165, 1.54) is 23.0 Å². The summed E-state index contributed by atoms with van der Waals surface area (Å²) < 4.78 is 0. The van der Waals surface area contributed by atoms with Gasteiger partial charge in [-0.1, -0.05) is 30.8 Å². The van der Waals surface area contributed by atoms with E-state index in [4.69, 9.17) is 0 Å². The van der Waals surface area contributed by atoms with Crippen LogP contribution in [0.4, 0.5) is 0 Å². The lowest BCUT2D eigenvalue weighted by molar-refractivity contribution is 0.0693. The van der Waals surface area contributed by atoms with Gasteiger partial charge < -0.3 is 5.11 Å². The molecule has 0 atom stereocenters. The lowest BCUT2D eigenvalue weighted by Crippen LogP contribution is -1.98. The van der Waals surface area contributed by atoms with Crippen LogP contribution in [0, 0.1) is 0 Å². The fraction of sp³-hybridized carbons (Fsp3) is 0.133. The number of hydrogen-bond donors (Lipinski definition) is 1. The van der Waals surface area contributed by atoms with E-state index in [0.29, 0.717) is 10.5 Å². The molecule has 0 aliphatic carbocycles. The number of thiophene rings is 1. The van der Waals surface area contributed by atoms with Crippen molar-refractivity contribution in [1.82, 2.24) is 9.97 Å². The first-order valence-electron chi connectivity index (χ1n) is 6.42. The molecule has 0 amide bonds. The number of carboxylic acid groups (broad SMARTS) is 1. The lowest BCUT2D eigenvalue weighted by Gasteiger charge is -2.05. The molecule has 3 rings (SSSR count). The van der Waals surface area contributed by atoms with Crippen molar-refractivity contribution in [3.63, 3.8) is 0 Å². The minimum absolute atomic E-state index is 0.292. The second-order valence-electron chi connectivity index (χ2n) is 4.37. The topological polar surface area (TPSA) is 63.1 Å². The molecule has 4 nitrogen and oxygen atoms in total. The quantitative estimate of drug-likeness (QED) is 0.734. The third kappa shape index (κ3) is 2.77. The minimum Gasteiger partial charge on any atom is -0.478 e. The van der Waals surface area contributed by atoms with Gasteiger partial charge in [-0.05, 0) is 24.6 Å². The predicted molar refractivity (Wildman–Crippen MR) is 84.3 cm³/mol. The summed E-state index contributed by atoms with van der Waals surface area (Å²) in [6, 6.07) is 9.05. The molecule has 0 fully saturated rings. The number of aromatic carboxylic acids is 1. The van der Waals surface area contributed by atoms with E-state index in [2.05, 4.69) is 23.0 Å². The lowest BCUT2D eigenvalue weighted by atomic mass is 10.2. The smallest absolute Gasteiger partial charge is 0.336 e. The van der Waals surface area contributed by atoms with Crippen LogP contribution in [0.25, 0.3) is 10.2 Å². The average molecular weight is 316 g/mol. The Bertz CT molecular complexity index is 814. The van der Waals surface area contributed by atoms with Gasteiger partial charge >= 0.3 is 5.97 Å². The molecule has 0 aliphatic rings. The molecule has 21 heavy (non-hydrogen) atoms. The average Bonchev–Trinajstić information content (AvgIpc) is 2.92. The van der Waals surface area contributed by atoms with Gasteiger partial charge in [0.25, 0.3) is 0 Å². The Kier molecular flexibility index (Phi) is 3.90. The number of aryl methyl sites for hydroxylation is 1. The summed E-state index contributed by atoms with van der Waals surface area (Å²) in [5.74, 6) is -0.928. The molecular weight excluding hydrogens is 304 g/mol. The second kappa shape index (κ2) is 5.83. The molecule has 3 aromatic rings. The van der Waals surface area contributed by atoms with Gasteiger partial charge in [0.05, 0.1) is 5.56 Å². The summed E-state index contributed by atoms with van der Waals surface area (Å²) in [5.41, 5.74) is 0.292. The van der Waals surface area contributed by atoms with Crippen LogP contribution >= 0.6 is 23.1 Å². The third-order valence-corrected chi connectivity index (χ3v) is 5.30. The Balaban J connectivity index is 2.06. The maximum absolute atomic E-state index is 11.3. The van der Waals surface area contributed by atoms with Gasteiger partial charge in [0.2, 0.25) is 0 Å². The zero-order valence-electron chi connectivity index (χ0n) is 11.2. The molecule has 0 aliphatic heterocycles. The standard InChI is InChI=1S/C15H12N2O2S2/c1-2-9-7-11-13(20-9)16-8-17-14(11)21-12-6-4-3-5-10(12)15(18)19/h3-8H,2H2,1H3,(H,18,19). The minimum atomic E-state index is -0.928. The van der Waals surface area contributed by atoms with Gasteiger partial charge in [0.1, 0.15) is 16.2 Å². The van der Waals surface area contributed by atoms with E-state index >= 15 is 0 Å². The van der Waals surface area contributed by atoms with Crippen LogP contribution in [0.1, 0.15) is 22.2 Å². The number of rotatable bonds is 4. The maximum Gasteiger partial charge on any atom is 0.336 e. The molecule has 0 bridgehead atoms. The summed E-state index contributed by atoms with van der Waals surface area (Å²) in [5, 5.41) is 11.0. The van der Waals surface area contributed by atoms with Crippen molar-refractivity contribution in [2.75, 3.05) is 0 Å². The van der Waals surface area contributed by atoms with Gasteiger partial charge in [-0.25, -0.2) is 14.8 Å². The Morgan fingerprint density at radius 1 is 1.33 bits per heavy atom. The molecule has 1 aromatic carbocycles. The van der Waals surface area contributed by atoms with E-state index in [1.807, 2.05) is 6.07 Å². The molecule has 6 heteroatoms. The van der Waals surface area contributed by atoms with Gasteiger partial charge in [-0.3, -0.25) is 0 Å². The molecule has 0 saturated carbocycles. The van der Waals surface area contributed by atoms with Gasteiger partial charge in [-0.2, -0.15) is 0 Å². The van der Waals surface area contributed by atoms with Gasteiger partial charge in [0.15, 0.2) is 0 Å². The number of aromatic nitrogens is 2. The van der Waals surface area contributed by atoms with Crippen LogP contribution in [0.15, 0.2) is 46.6 Å². The maximum atomic E-state index is 11.3. The highest BCUT2D eigenvalue weighted by atomic mass is 32.2. The Morgan fingerprint density at radius 3 is 2.90 bits per heavy atom. The number of benzene rings is 1. The van der Waals surface area contributed by atoms with Crippen molar-refractivity contribution in [1.29, 1.82) is 0 Å². The monoisotopic (exact) mass is 316 g/mol. The summed E-state index contributed by atoms with van der Waals surface area (Å²) >= 11 is 3.02. The Morgan fingerprint density at radius 2 is 2.14 bits per heavy atom. The normalized spacial score (nSPS) is 10.9. The second-order valence-corrected chi connectivity index (χ2v) is 6.51. The highest BCUT2D eigenvalue weighted by Crippen LogP contribution is 2.36. The number of nitrogens with zero attached hydrogens (tertiary/aromatic N) is 2. The van der Waals surface area contributed by atoms with Crippen molar-refractivity contribution in [3.8, 4) is 0 Å². The van der Waals surface area contributed by atoms with E-state index in [-0.39, 0.29) is 0 Å². The molecule has 0 unspecified atom stereocenters. The number of carbonyl (C=O) groups is 1. The molecule has 1 N–H and O–H groups in total. The molecule has 106 valence electrons. The van der Waals surface area contributed by atoms with Crippen LogP contribution < -0.4 is 0 Å². The Labute approximate surface area is 129 Å². The summed E-state index contributed by atoms with van der Waals surface area (Å²) in [7, 11) is 0. The molecule has 2 heterocycles. The van der Waals surface area contributed by atoms with E-state index < -0.39 is 5.97 Å². The van der Waals surface area contributed by atoms with Crippen molar-refractivity contribution in [2.45, 2.75) is 23.3 Å². The van der Waals surface area contributed by atoms with Gasteiger partial charge in [-0.15, -0.1) is 11.3 Å². The van der Waals surface area contributed by atoms with Crippen LogP contribution in [-0.2, 0) is 6.42 Å². The van der Waals surface area contributed by atoms with Crippen LogP contribution in [0.2, 0.25) is 0 Å². The zero-order valence-corrected chi connectivity index (χ0v) is 12.9. The van der Waals surface area contributed by atoms with E-state index in [9.17, 15) is 9.90 Å². The van der Waals surface area contributed by atoms with Crippen LogP contribution in [0.5, 0.6) is 0 Å². The largest absolute Gasteiger partial charge is 0.478 e. The van der Waals surface area contributed by atoms with Crippen molar-refractivity contribution < 1.29 is 9.90 Å². The molecule has 0 spiro atoms. The van der Waals surface area contributed by atoms with Crippen molar-refractivity contribution in [2.24, 2.45) is 0 Å². The summed E-state index contributed by atoms with van der Waals surface area (Å²) in [6.45, 7) is 2.10.